The van der Waals surface area contributed by atoms with E-state index in [1.807, 2.05) is 12.2 Å². The molecule has 0 aliphatic carbocycles. The van der Waals surface area contributed by atoms with Crippen LogP contribution in [-0.4, -0.2) is 19.0 Å². The Kier molecular flexibility index (Phi) is 6.34. The van der Waals surface area contributed by atoms with Gasteiger partial charge in [-0.05, 0) is 0 Å². The lowest BCUT2D eigenvalue weighted by Crippen LogP contribution is -1.79. The van der Waals surface area contributed by atoms with Gasteiger partial charge in [0.25, 0.3) is 0 Å². The zero-order valence-corrected chi connectivity index (χ0v) is 5.94. The van der Waals surface area contributed by atoms with E-state index in [4.69, 9.17) is 4.74 Å². The quantitative estimate of drug-likeness (QED) is 0.455. The Morgan fingerprint density at radius 1 is 1.57 bits per heavy atom. The third-order valence-electron chi connectivity index (χ3n) is 0.519. The molecule has 42 valence electrons. The SMILES string of the molecule is COC/C=C/CBr. The van der Waals surface area contributed by atoms with Gasteiger partial charge in [0.2, 0.25) is 0 Å². The average molecular weight is 165 g/mol. The number of allylic oxidation sites excluding steroid dienone is 1. The van der Waals surface area contributed by atoms with Crippen LogP contribution in [0.2, 0.25) is 0 Å². The second-order valence-corrected chi connectivity index (χ2v) is 1.73. The maximum absolute atomic E-state index is 4.74. The number of rotatable bonds is 3. The molecule has 0 aliphatic heterocycles. The van der Waals surface area contributed by atoms with Crippen LogP contribution >= 0.6 is 15.9 Å². The molecule has 0 spiro atoms. The number of hydrogen-bond acceptors (Lipinski definition) is 1. The molecule has 0 fully saturated rings. The second kappa shape index (κ2) is 6.18. The minimum atomic E-state index is 0.714. The van der Waals surface area contributed by atoms with Crippen molar-refractivity contribution in [3.63, 3.8) is 0 Å². The van der Waals surface area contributed by atoms with Crippen LogP contribution < -0.4 is 0 Å². The van der Waals surface area contributed by atoms with E-state index in [-0.39, 0.29) is 0 Å². The molecule has 0 saturated heterocycles. The topological polar surface area (TPSA) is 9.23 Å². The summed E-state index contributed by atoms with van der Waals surface area (Å²) < 4.78 is 4.74. The molecule has 7 heavy (non-hydrogen) atoms. The van der Waals surface area contributed by atoms with E-state index < -0.39 is 0 Å². The minimum Gasteiger partial charge on any atom is -0.381 e. The smallest absolute Gasteiger partial charge is 0.0643 e. The van der Waals surface area contributed by atoms with Crippen LogP contribution in [0.4, 0.5) is 0 Å². The van der Waals surface area contributed by atoms with Gasteiger partial charge in [-0.3, -0.25) is 0 Å². The maximum atomic E-state index is 4.74. The fourth-order valence-corrected chi connectivity index (χ4v) is 0.492. The van der Waals surface area contributed by atoms with E-state index >= 15 is 0 Å². The lowest BCUT2D eigenvalue weighted by molar-refractivity contribution is 0.234. The first-order chi connectivity index (χ1) is 3.41. The predicted molar refractivity (Wildman–Crippen MR) is 34.8 cm³/mol. The summed E-state index contributed by atoms with van der Waals surface area (Å²) in [4.78, 5) is 0. The van der Waals surface area contributed by atoms with Gasteiger partial charge in [0.15, 0.2) is 0 Å². The fourth-order valence-electron chi connectivity index (χ4n) is 0.227. The second-order valence-electron chi connectivity index (χ2n) is 1.08. The van der Waals surface area contributed by atoms with Crippen LogP contribution in [0.1, 0.15) is 0 Å². The van der Waals surface area contributed by atoms with Crippen molar-refractivity contribution in [1.29, 1.82) is 0 Å². The third-order valence-corrected chi connectivity index (χ3v) is 0.892. The third kappa shape index (κ3) is 6.18. The van der Waals surface area contributed by atoms with Gasteiger partial charge < -0.3 is 4.74 Å². The van der Waals surface area contributed by atoms with Crippen molar-refractivity contribution in [1.82, 2.24) is 0 Å². The standard InChI is InChI=1S/C5H9BrO/c1-7-5-3-2-4-6/h2-3H,4-5H2,1H3/b3-2+. The normalized spacial score (nSPS) is 10.6. The molecule has 0 aliphatic rings. The lowest BCUT2D eigenvalue weighted by atomic mass is 10.6. The molecule has 0 radical (unpaired) electrons. The highest BCUT2D eigenvalue weighted by Gasteiger charge is 1.67. The minimum absolute atomic E-state index is 0.714. The summed E-state index contributed by atoms with van der Waals surface area (Å²) in [5.74, 6) is 0. The highest BCUT2D eigenvalue weighted by molar-refractivity contribution is 9.09. The summed E-state index contributed by atoms with van der Waals surface area (Å²) in [5, 5.41) is 0.913. The molecular weight excluding hydrogens is 156 g/mol. The molecule has 0 saturated carbocycles. The Morgan fingerprint density at radius 3 is 2.71 bits per heavy atom. The van der Waals surface area contributed by atoms with Crippen molar-refractivity contribution in [3.8, 4) is 0 Å². The van der Waals surface area contributed by atoms with Gasteiger partial charge in [-0.2, -0.15) is 0 Å². The van der Waals surface area contributed by atoms with E-state index in [0.29, 0.717) is 6.61 Å². The van der Waals surface area contributed by atoms with Crippen molar-refractivity contribution in [2.75, 3.05) is 19.0 Å². The van der Waals surface area contributed by atoms with Crippen LogP contribution in [-0.2, 0) is 4.74 Å². The van der Waals surface area contributed by atoms with Gasteiger partial charge in [0, 0.05) is 12.4 Å². The molecule has 1 nitrogen and oxygen atoms in total. The maximum Gasteiger partial charge on any atom is 0.0643 e. The van der Waals surface area contributed by atoms with E-state index in [1.165, 1.54) is 0 Å². The lowest BCUT2D eigenvalue weighted by Gasteiger charge is -1.83. The highest BCUT2D eigenvalue weighted by atomic mass is 79.9. The number of hydrogen-bond donors (Lipinski definition) is 0. The highest BCUT2D eigenvalue weighted by Crippen LogP contribution is 1.80. The summed E-state index contributed by atoms with van der Waals surface area (Å²) in [6.07, 6.45) is 3.97. The monoisotopic (exact) mass is 164 g/mol. The van der Waals surface area contributed by atoms with Crippen LogP contribution in [0.15, 0.2) is 12.2 Å². The molecule has 0 unspecified atom stereocenters. The number of methoxy groups -OCH3 is 1. The first-order valence-corrected chi connectivity index (χ1v) is 3.24. The van der Waals surface area contributed by atoms with Gasteiger partial charge in [-0.1, -0.05) is 28.1 Å². The molecule has 0 N–H and O–H groups in total. The predicted octanol–water partition coefficient (Wildman–Crippen LogP) is 1.58. The first kappa shape index (κ1) is 7.18. The zero-order valence-electron chi connectivity index (χ0n) is 4.36. The fraction of sp³-hybridized carbons (Fsp3) is 0.600. The van der Waals surface area contributed by atoms with Crippen LogP contribution in [0, 0.1) is 0 Å². The molecule has 0 amide bonds. The Labute approximate surface area is 52.5 Å². The van der Waals surface area contributed by atoms with Crippen molar-refractivity contribution in [2.45, 2.75) is 0 Å². The molecule has 0 heterocycles. The van der Waals surface area contributed by atoms with Crippen LogP contribution in [0.3, 0.4) is 0 Å². The summed E-state index contributed by atoms with van der Waals surface area (Å²) in [5.41, 5.74) is 0. The molecular formula is C5H9BrO. The summed E-state index contributed by atoms with van der Waals surface area (Å²) in [7, 11) is 1.68. The number of alkyl halides is 1. The van der Waals surface area contributed by atoms with E-state index in [0.717, 1.165) is 5.33 Å². The van der Waals surface area contributed by atoms with Gasteiger partial charge in [-0.25, -0.2) is 0 Å². The van der Waals surface area contributed by atoms with E-state index in [1.54, 1.807) is 7.11 Å². The van der Waals surface area contributed by atoms with Crippen molar-refractivity contribution >= 4 is 15.9 Å². The molecule has 0 aromatic rings. The largest absolute Gasteiger partial charge is 0.381 e. The summed E-state index contributed by atoms with van der Waals surface area (Å²) in [6, 6.07) is 0. The van der Waals surface area contributed by atoms with Gasteiger partial charge in [-0.15, -0.1) is 0 Å². The van der Waals surface area contributed by atoms with Gasteiger partial charge >= 0.3 is 0 Å². The van der Waals surface area contributed by atoms with Gasteiger partial charge in [0.05, 0.1) is 6.61 Å². The molecule has 0 atom stereocenters. The summed E-state index contributed by atoms with van der Waals surface area (Å²) >= 11 is 3.24. The van der Waals surface area contributed by atoms with Crippen molar-refractivity contribution in [2.24, 2.45) is 0 Å². The Hall–Kier alpha value is 0.180. The van der Waals surface area contributed by atoms with E-state index in [2.05, 4.69) is 15.9 Å². The first-order valence-electron chi connectivity index (χ1n) is 2.11. The molecule has 0 bridgehead atoms. The Balaban J connectivity index is 2.78. The molecule has 0 rings (SSSR count). The van der Waals surface area contributed by atoms with E-state index in [9.17, 15) is 0 Å². The molecule has 0 aromatic carbocycles. The van der Waals surface area contributed by atoms with Crippen LogP contribution in [0.5, 0.6) is 0 Å². The number of ether oxygens (including phenoxy) is 1. The average Bonchev–Trinajstić information content (AvgIpc) is 1.69. The summed E-state index contributed by atoms with van der Waals surface area (Å²) in [6.45, 7) is 0.714. The molecule has 0 aromatic heterocycles. The Morgan fingerprint density at radius 2 is 2.29 bits per heavy atom. The van der Waals surface area contributed by atoms with Crippen molar-refractivity contribution < 1.29 is 4.74 Å². The van der Waals surface area contributed by atoms with Crippen LogP contribution in [0.25, 0.3) is 0 Å². The van der Waals surface area contributed by atoms with Crippen molar-refractivity contribution in [3.05, 3.63) is 12.2 Å². The zero-order chi connectivity index (χ0) is 5.54. The molecule has 2 heteroatoms. The van der Waals surface area contributed by atoms with Gasteiger partial charge in [0.1, 0.15) is 0 Å². The Bertz CT molecular complexity index is 52.0. The number of halogens is 1.